The number of hydrogen-bond acceptors (Lipinski definition) is 4. The van der Waals surface area contributed by atoms with Crippen molar-refractivity contribution in [2.45, 2.75) is 26.2 Å². The maximum atomic E-state index is 12.1. The summed E-state index contributed by atoms with van der Waals surface area (Å²) in [6.45, 7) is 4.01. The molecule has 0 radical (unpaired) electrons. The van der Waals surface area contributed by atoms with Crippen LogP contribution in [-0.4, -0.2) is 25.7 Å². The first kappa shape index (κ1) is 10.1. The van der Waals surface area contributed by atoms with E-state index < -0.39 is 0 Å². The molecule has 2 aromatic heterocycles. The Bertz CT molecular complexity index is 600. The van der Waals surface area contributed by atoms with E-state index in [2.05, 4.69) is 15.2 Å². The molecule has 0 saturated heterocycles. The molecular formula is C12H12N4O. The molecule has 0 N–H and O–H groups in total. The first-order valence-corrected chi connectivity index (χ1v) is 5.61. The van der Waals surface area contributed by atoms with Crippen LogP contribution < -0.4 is 0 Å². The van der Waals surface area contributed by atoms with Crippen LogP contribution in [0.2, 0.25) is 0 Å². The molecule has 17 heavy (non-hydrogen) atoms. The molecule has 0 spiro atoms. The summed E-state index contributed by atoms with van der Waals surface area (Å²) in [4.78, 5) is 16.3. The van der Waals surface area contributed by atoms with Gasteiger partial charge in [-0.3, -0.25) is 9.78 Å². The van der Waals surface area contributed by atoms with E-state index in [1.54, 1.807) is 10.8 Å². The number of aromatic nitrogens is 4. The molecule has 0 bridgehead atoms. The summed E-state index contributed by atoms with van der Waals surface area (Å²) in [5, 5.41) is 8.23. The number of carbonyl (C=O) groups is 1. The highest BCUT2D eigenvalue weighted by Gasteiger charge is 2.28. The molecule has 0 fully saturated rings. The van der Waals surface area contributed by atoms with Crippen molar-refractivity contribution in [3.63, 3.8) is 0 Å². The molecule has 1 aliphatic heterocycles. The molecule has 0 aliphatic carbocycles. The number of rotatable bonds is 1. The minimum atomic E-state index is -0.0000926. The molecule has 5 heteroatoms. The minimum Gasteiger partial charge on any atom is -0.274 e. The maximum absolute atomic E-state index is 12.1. The Kier molecular flexibility index (Phi) is 2.07. The number of fused-ring (bicyclic) bond motifs is 3. The number of pyridine rings is 1. The van der Waals surface area contributed by atoms with Gasteiger partial charge in [0.15, 0.2) is 5.82 Å². The zero-order valence-electron chi connectivity index (χ0n) is 9.71. The average Bonchev–Trinajstić information content (AvgIpc) is 2.74. The Morgan fingerprint density at radius 2 is 2.18 bits per heavy atom. The largest absolute Gasteiger partial charge is 0.274 e. The summed E-state index contributed by atoms with van der Waals surface area (Å²) < 4.78 is 1.62. The van der Waals surface area contributed by atoms with Crippen molar-refractivity contribution < 1.29 is 4.79 Å². The van der Waals surface area contributed by atoms with Crippen molar-refractivity contribution in [3.8, 4) is 11.4 Å². The Morgan fingerprint density at radius 1 is 1.35 bits per heavy atom. The molecule has 0 saturated carbocycles. The van der Waals surface area contributed by atoms with Crippen molar-refractivity contribution in [1.29, 1.82) is 0 Å². The highest BCUT2D eigenvalue weighted by atomic mass is 16.2. The molecule has 0 amide bonds. The van der Waals surface area contributed by atoms with Crippen LogP contribution in [0.3, 0.4) is 0 Å². The standard InChI is InChI=1S/C12H12N4O/c1-7(2)11-14-15-12-8-4-3-5-13-9(8)6-10(17)16(11)12/h3-5,7H,6H2,1-2H3. The highest BCUT2D eigenvalue weighted by Crippen LogP contribution is 2.28. The van der Waals surface area contributed by atoms with Gasteiger partial charge in [-0.15, -0.1) is 10.2 Å². The number of nitrogens with zero attached hydrogens (tertiary/aromatic N) is 4. The lowest BCUT2D eigenvalue weighted by atomic mass is 10.1. The van der Waals surface area contributed by atoms with Gasteiger partial charge in [-0.25, -0.2) is 4.57 Å². The molecule has 1 aliphatic rings. The zero-order valence-corrected chi connectivity index (χ0v) is 9.71. The molecule has 5 nitrogen and oxygen atoms in total. The predicted octanol–water partition coefficient (Wildman–Crippen LogP) is 1.66. The van der Waals surface area contributed by atoms with E-state index in [9.17, 15) is 4.79 Å². The quantitative estimate of drug-likeness (QED) is 0.744. The van der Waals surface area contributed by atoms with E-state index in [0.29, 0.717) is 12.2 Å². The summed E-state index contributed by atoms with van der Waals surface area (Å²) in [5.41, 5.74) is 1.69. The molecule has 3 heterocycles. The first-order chi connectivity index (χ1) is 8.18. The van der Waals surface area contributed by atoms with Gasteiger partial charge < -0.3 is 0 Å². The van der Waals surface area contributed by atoms with Crippen molar-refractivity contribution in [2.24, 2.45) is 0 Å². The first-order valence-electron chi connectivity index (χ1n) is 5.61. The Hall–Kier alpha value is -2.04. The monoisotopic (exact) mass is 228 g/mol. The van der Waals surface area contributed by atoms with Gasteiger partial charge >= 0.3 is 0 Å². The lowest BCUT2D eigenvalue weighted by Crippen LogP contribution is -2.23. The van der Waals surface area contributed by atoms with Gasteiger partial charge in [0.05, 0.1) is 12.1 Å². The van der Waals surface area contributed by atoms with Gasteiger partial charge in [-0.1, -0.05) is 13.8 Å². The van der Waals surface area contributed by atoms with Crippen LogP contribution in [0.1, 0.15) is 36.1 Å². The highest BCUT2D eigenvalue weighted by molar-refractivity contribution is 5.90. The predicted molar refractivity (Wildman–Crippen MR) is 61.7 cm³/mol. The van der Waals surface area contributed by atoms with E-state index in [1.165, 1.54) is 0 Å². The molecule has 0 aromatic carbocycles. The Balaban J connectivity index is 2.28. The molecule has 2 aromatic rings. The third-order valence-electron chi connectivity index (χ3n) is 2.90. The molecule has 86 valence electrons. The van der Waals surface area contributed by atoms with Crippen LogP contribution in [-0.2, 0) is 6.42 Å². The summed E-state index contributed by atoms with van der Waals surface area (Å²) in [5.74, 6) is 1.52. The van der Waals surface area contributed by atoms with Crippen LogP contribution in [0.15, 0.2) is 18.3 Å². The zero-order chi connectivity index (χ0) is 12.0. The van der Waals surface area contributed by atoms with Gasteiger partial charge in [0.2, 0.25) is 5.91 Å². The second kappa shape index (κ2) is 3.48. The van der Waals surface area contributed by atoms with Crippen LogP contribution in [0, 0.1) is 0 Å². The molecular weight excluding hydrogens is 216 g/mol. The van der Waals surface area contributed by atoms with Gasteiger partial charge in [-0.2, -0.15) is 0 Å². The summed E-state index contributed by atoms with van der Waals surface area (Å²) in [6, 6.07) is 3.78. The van der Waals surface area contributed by atoms with E-state index in [0.717, 1.165) is 17.1 Å². The van der Waals surface area contributed by atoms with Crippen molar-refractivity contribution >= 4 is 5.91 Å². The Morgan fingerprint density at radius 3 is 2.94 bits per heavy atom. The number of carbonyl (C=O) groups excluding carboxylic acids is 1. The van der Waals surface area contributed by atoms with E-state index in [-0.39, 0.29) is 11.8 Å². The molecule has 3 rings (SSSR count). The SMILES string of the molecule is CC(C)c1nnc2n1C(=O)Cc1ncccc1-2. The summed E-state index contributed by atoms with van der Waals surface area (Å²) in [6.07, 6.45) is 2.02. The lowest BCUT2D eigenvalue weighted by Gasteiger charge is -2.17. The van der Waals surface area contributed by atoms with Crippen LogP contribution in [0.25, 0.3) is 11.4 Å². The second-order valence-corrected chi connectivity index (χ2v) is 4.44. The van der Waals surface area contributed by atoms with E-state index >= 15 is 0 Å². The van der Waals surface area contributed by atoms with E-state index in [4.69, 9.17) is 0 Å². The van der Waals surface area contributed by atoms with Crippen LogP contribution >= 0.6 is 0 Å². The molecule has 0 atom stereocenters. The second-order valence-electron chi connectivity index (χ2n) is 4.44. The summed E-state index contributed by atoms with van der Waals surface area (Å²) in [7, 11) is 0. The number of hydrogen-bond donors (Lipinski definition) is 0. The van der Waals surface area contributed by atoms with Gasteiger partial charge in [0, 0.05) is 17.7 Å². The Labute approximate surface area is 98.5 Å². The van der Waals surface area contributed by atoms with Gasteiger partial charge in [0.25, 0.3) is 0 Å². The fraction of sp³-hybridized carbons (Fsp3) is 0.333. The smallest absolute Gasteiger partial charge is 0.239 e. The van der Waals surface area contributed by atoms with E-state index in [1.807, 2.05) is 26.0 Å². The third kappa shape index (κ3) is 1.39. The topological polar surface area (TPSA) is 60.7 Å². The third-order valence-corrected chi connectivity index (χ3v) is 2.90. The maximum Gasteiger partial charge on any atom is 0.239 e. The average molecular weight is 228 g/mol. The minimum absolute atomic E-state index is 0.0000926. The summed E-state index contributed by atoms with van der Waals surface area (Å²) >= 11 is 0. The fourth-order valence-electron chi connectivity index (χ4n) is 2.10. The fourth-order valence-corrected chi connectivity index (χ4v) is 2.10. The molecule has 0 unspecified atom stereocenters. The van der Waals surface area contributed by atoms with Gasteiger partial charge in [0.1, 0.15) is 5.82 Å². The van der Waals surface area contributed by atoms with Gasteiger partial charge in [-0.05, 0) is 12.1 Å². The van der Waals surface area contributed by atoms with Crippen LogP contribution in [0.4, 0.5) is 0 Å². The van der Waals surface area contributed by atoms with Crippen molar-refractivity contribution in [1.82, 2.24) is 19.7 Å². The normalized spacial score (nSPS) is 13.7. The van der Waals surface area contributed by atoms with Crippen molar-refractivity contribution in [2.75, 3.05) is 0 Å². The van der Waals surface area contributed by atoms with Crippen LogP contribution in [0.5, 0.6) is 0 Å². The van der Waals surface area contributed by atoms with Crippen molar-refractivity contribution in [3.05, 3.63) is 29.8 Å². The lowest BCUT2D eigenvalue weighted by molar-refractivity contribution is 0.0906.